The van der Waals surface area contributed by atoms with Gasteiger partial charge in [0, 0.05) is 16.8 Å². The number of thiocarbonyl (C=S) groups is 1. The third-order valence-electron chi connectivity index (χ3n) is 2.80. The summed E-state index contributed by atoms with van der Waals surface area (Å²) in [7, 11) is 0. The molecule has 1 amide bonds. The molecule has 0 heterocycles. The van der Waals surface area contributed by atoms with Crippen molar-refractivity contribution in [2.45, 2.75) is 6.92 Å². The monoisotopic (exact) mass is 288 g/mol. The van der Waals surface area contributed by atoms with Gasteiger partial charge in [0.1, 0.15) is 10.8 Å². The van der Waals surface area contributed by atoms with Crippen LogP contribution in [0.15, 0.2) is 42.5 Å². The lowest BCUT2D eigenvalue weighted by molar-refractivity contribution is 0.102. The van der Waals surface area contributed by atoms with E-state index >= 15 is 0 Å². The molecule has 0 radical (unpaired) electrons. The van der Waals surface area contributed by atoms with Crippen molar-refractivity contribution in [1.29, 1.82) is 0 Å². The van der Waals surface area contributed by atoms with Crippen LogP contribution in [0.25, 0.3) is 0 Å². The third kappa shape index (κ3) is 3.19. The van der Waals surface area contributed by atoms with Crippen molar-refractivity contribution in [3.63, 3.8) is 0 Å². The molecule has 0 fully saturated rings. The minimum atomic E-state index is -0.508. The van der Waals surface area contributed by atoms with Gasteiger partial charge in [0.05, 0.1) is 0 Å². The van der Waals surface area contributed by atoms with E-state index in [0.29, 0.717) is 11.3 Å². The first-order chi connectivity index (χ1) is 9.47. The van der Waals surface area contributed by atoms with Gasteiger partial charge in [-0.3, -0.25) is 4.79 Å². The second kappa shape index (κ2) is 5.79. The Kier molecular flexibility index (Phi) is 4.10. The third-order valence-corrected chi connectivity index (χ3v) is 3.02. The summed E-state index contributed by atoms with van der Waals surface area (Å²) >= 11 is 4.76. The molecule has 20 heavy (non-hydrogen) atoms. The lowest BCUT2D eigenvalue weighted by atomic mass is 10.1. The van der Waals surface area contributed by atoms with Gasteiger partial charge < -0.3 is 11.1 Å². The van der Waals surface area contributed by atoms with Crippen molar-refractivity contribution < 1.29 is 9.18 Å². The zero-order valence-electron chi connectivity index (χ0n) is 10.8. The summed E-state index contributed by atoms with van der Waals surface area (Å²) in [5.41, 5.74) is 7.57. The summed E-state index contributed by atoms with van der Waals surface area (Å²) in [5, 5.41) is 2.68. The topological polar surface area (TPSA) is 55.1 Å². The van der Waals surface area contributed by atoms with Crippen LogP contribution in [0.1, 0.15) is 21.5 Å². The number of aryl methyl sites for hydroxylation is 1. The molecule has 0 aromatic heterocycles. The van der Waals surface area contributed by atoms with Crippen molar-refractivity contribution >= 4 is 28.8 Å². The summed E-state index contributed by atoms with van der Waals surface area (Å²) in [5.74, 6) is -0.781. The largest absolute Gasteiger partial charge is 0.389 e. The smallest absolute Gasteiger partial charge is 0.255 e. The molecule has 2 rings (SSSR count). The summed E-state index contributed by atoms with van der Waals surface area (Å²) in [6.45, 7) is 1.94. The van der Waals surface area contributed by atoms with Crippen LogP contribution in [0.3, 0.4) is 0 Å². The highest BCUT2D eigenvalue weighted by Gasteiger charge is 2.09. The predicted octanol–water partition coefficient (Wildman–Crippen LogP) is 3.02. The first-order valence-corrected chi connectivity index (χ1v) is 6.35. The lowest BCUT2D eigenvalue weighted by Gasteiger charge is -2.08. The molecule has 0 saturated carbocycles. The average Bonchev–Trinajstić information content (AvgIpc) is 2.41. The van der Waals surface area contributed by atoms with Gasteiger partial charge in [0.25, 0.3) is 5.91 Å². The van der Waals surface area contributed by atoms with Gasteiger partial charge in [0.15, 0.2) is 0 Å². The Labute approximate surface area is 121 Å². The van der Waals surface area contributed by atoms with E-state index in [1.807, 2.05) is 19.1 Å². The molecule has 0 spiro atoms. The van der Waals surface area contributed by atoms with E-state index in [9.17, 15) is 9.18 Å². The SMILES string of the molecule is Cc1ccc(C(=O)Nc2ccc(F)c(C(N)=S)c2)cc1. The van der Waals surface area contributed by atoms with E-state index in [1.165, 1.54) is 18.2 Å². The fraction of sp³-hybridized carbons (Fsp3) is 0.0667. The van der Waals surface area contributed by atoms with Gasteiger partial charge in [0.2, 0.25) is 0 Å². The molecule has 102 valence electrons. The fourth-order valence-corrected chi connectivity index (χ4v) is 1.86. The molecule has 0 aliphatic rings. The Hall–Kier alpha value is -2.27. The van der Waals surface area contributed by atoms with E-state index in [1.54, 1.807) is 12.1 Å². The van der Waals surface area contributed by atoms with Crippen molar-refractivity contribution in [1.82, 2.24) is 0 Å². The molecular formula is C15H13FN2OS. The number of hydrogen-bond donors (Lipinski definition) is 2. The molecule has 5 heteroatoms. The number of hydrogen-bond acceptors (Lipinski definition) is 2. The standard InChI is InChI=1S/C15H13FN2OS/c1-9-2-4-10(5-3-9)15(19)18-11-6-7-13(16)12(8-11)14(17)20/h2-8H,1H3,(H2,17,20)(H,18,19). The van der Waals surface area contributed by atoms with Gasteiger partial charge >= 0.3 is 0 Å². The zero-order chi connectivity index (χ0) is 14.7. The zero-order valence-corrected chi connectivity index (χ0v) is 11.6. The number of anilines is 1. The Balaban J connectivity index is 2.21. The number of rotatable bonds is 3. The number of amides is 1. The number of carbonyl (C=O) groups is 1. The average molecular weight is 288 g/mol. The summed E-state index contributed by atoms with van der Waals surface area (Å²) < 4.78 is 13.4. The van der Waals surface area contributed by atoms with Crippen LogP contribution in [0, 0.1) is 12.7 Å². The molecule has 2 aromatic carbocycles. The molecule has 0 aliphatic heterocycles. The Morgan fingerprint density at radius 2 is 1.85 bits per heavy atom. The van der Waals surface area contributed by atoms with E-state index in [-0.39, 0.29) is 16.5 Å². The first kappa shape index (κ1) is 14.1. The van der Waals surface area contributed by atoms with E-state index < -0.39 is 5.82 Å². The highest BCUT2D eigenvalue weighted by atomic mass is 32.1. The Morgan fingerprint density at radius 1 is 1.20 bits per heavy atom. The van der Waals surface area contributed by atoms with Crippen LogP contribution < -0.4 is 11.1 Å². The minimum absolute atomic E-state index is 0.0473. The van der Waals surface area contributed by atoms with Crippen molar-refractivity contribution in [2.24, 2.45) is 5.73 Å². The maximum Gasteiger partial charge on any atom is 0.255 e. The van der Waals surface area contributed by atoms with Crippen molar-refractivity contribution in [2.75, 3.05) is 5.32 Å². The van der Waals surface area contributed by atoms with E-state index in [2.05, 4.69) is 5.32 Å². The van der Waals surface area contributed by atoms with Crippen LogP contribution in [0.2, 0.25) is 0 Å². The second-order valence-corrected chi connectivity index (χ2v) is 4.82. The molecule has 0 saturated heterocycles. The molecule has 0 atom stereocenters. The van der Waals surface area contributed by atoms with Crippen LogP contribution in [0.4, 0.5) is 10.1 Å². The number of nitrogens with two attached hydrogens (primary N) is 1. The summed E-state index contributed by atoms with van der Waals surface area (Å²) in [4.78, 5) is 12.0. The normalized spacial score (nSPS) is 10.1. The predicted molar refractivity (Wildman–Crippen MR) is 81.4 cm³/mol. The van der Waals surface area contributed by atoms with Crippen molar-refractivity contribution in [3.05, 3.63) is 65.0 Å². The van der Waals surface area contributed by atoms with Gasteiger partial charge in [-0.05, 0) is 37.3 Å². The van der Waals surface area contributed by atoms with Crippen molar-refractivity contribution in [3.8, 4) is 0 Å². The highest BCUT2D eigenvalue weighted by molar-refractivity contribution is 7.80. The molecular weight excluding hydrogens is 275 g/mol. The molecule has 0 unspecified atom stereocenters. The van der Waals surface area contributed by atoms with Crippen LogP contribution in [-0.2, 0) is 0 Å². The second-order valence-electron chi connectivity index (χ2n) is 4.38. The number of benzene rings is 2. The number of halogens is 1. The van der Waals surface area contributed by atoms with Crippen LogP contribution >= 0.6 is 12.2 Å². The summed E-state index contributed by atoms with van der Waals surface area (Å²) in [6, 6.07) is 11.2. The van der Waals surface area contributed by atoms with Gasteiger partial charge in [-0.25, -0.2) is 4.39 Å². The van der Waals surface area contributed by atoms with Gasteiger partial charge in [-0.2, -0.15) is 0 Å². The summed E-state index contributed by atoms with van der Waals surface area (Å²) in [6.07, 6.45) is 0. The maximum absolute atomic E-state index is 13.4. The van der Waals surface area contributed by atoms with E-state index in [4.69, 9.17) is 18.0 Å². The first-order valence-electron chi connectivity index (χ1n) is 5.95. The van der Waals surface area contributed by atoms with Gasteiger partial charge in [-0.15, -0.1) is 0 Å². The lowest BCUT2D eigenvalue weighted by Crippen LogP contribution is -2.15. The molecule has 0 bridgehead atoms. The van der Waals surface area contributed by atoms with E-state index in [0.717, 1.165) is 5.56 Å². The number of nitrogens with one attached hydrogen (secondary N) is 1. The van der Waals surface area contributed by atoms with Gasteiger partial charge in [-0.1, -0.05) is 29.9 Å². The molecule has 3 N–H and O–H groups in total. The Morgan fingerprint density at radius 3 is 2.45 bits per heavy atom. The minimum Gasteiger partial charge on any atom is -0.389 e. The molecule has 2 aromatic rings. The van der Waals surface area contributed by atoms with Crippen LogP contribution in [0.5, 0.6) is 0 Å². The molecule has 3 nitrogen and oxygen atoms in total. The maximum atomic E-state index is 13.4. The van der Waals surface area contributed by atoms with Crippen LogP contribution in [-0.4, -0.2) is 10.9 Å². The quantitative estimate of drug-likeness (QED) is 0.854. The number of carbonyl (C=O) groups excluding carboxylic acids is 1. The highest BCUT2D eigenvalue weighted by Crippen LogP contribution is 2.16. The molecule has 0 aliphatic carbocycles. The fourth-order valence-electron chi connectivity index (χ4n) is 1.70. The Bertz CT molecular complexity index is 668.